The molecule has 1 atom stereocenters. The molecule has 0 radical (unpaired) electrons. The van der Waals surface area contributed by atoms with Crippen LogP contribution in [0.3, 0.4) is 0 Å². The molecule has 1 aromatic rings. The smallest absolute Gasteiger partial charge is 0.398 e. The normalized spacial score (nSPS) is 22.6. The first-order valence-corrected chi connectivity index (χ1v) is 7.66. The minimum absolute atomic E-state index is 0.0304. The zero-order valence-electron chi connectivity index (χ0n) is 10.1. The van der Waals surface area contributed by atoms with Crippen molar-refractivity contribution in [2.24, 2.45) is 5.92 Å². The van der Waals surface area contributed by atoms with Crippen molar-refractivity contribution in [2.45, 2.75) is 19.0 Å². The molecule has 2 rings (SSSR count). The minimum atomic E-state index is -4.48. The molecule has 19 heavy (non-hydrogen) atoms. The maximum absolute atomic E-state index is 12.7. The summed E-state index contributed by atoms with van der Waals surface area (Å²) in [4.78, 5) is 0. The molecule has 0 amide bonds. The Kier molecular flexibility index (Phi) is 3.51. The molecule has 1 aliphatic rings. The maximum atomic E-state index is 12.7. The van der Waals surface area contributed by atoms with Crippen molar-refractivity contribution < 1.29 is 21.6 Å². The van der Waals surface area contributed by atoms with Crippen LogP contribution >= 0.6 is 0 Å². The Balaban J connectivity index is 2.23. The third-order valence-corrected chi connectivity index (χ3v) is 5.17. The van der Waals surface area contributed by atoms with Gasteiger partial charge in [-0.3, -0.25) is 0 Å². The number of hydrogen-bond donors (Lipinski definition) is 1. The van der Waals surface area contributed by atoms with Gasteiger partial charge in [0.2, 0.25) is 0 Å². The zero-order chi connectivity index (χ0) is 14.3. The Bertz CT molecular complexity index is 581. The molecule has 0 spiro atoms. The lowest BCUT2D eigenvalue weighted by Gasteiger charge is -2.15. The van der Waals surface area contributed by atoms with Crippen molar-refractivity contribution in [1.29, 1.82) is 0 Å². The topological polar surface area (TPSA) is 60.2 Å². The van der Waals surface area contributed by atoms with Crippen molar-refractivity contribution in [2.75, 3.05) is 17.2 Å². The number of rotatable bonds is 2. The van der Waals surface area contributed by atoms with E-state index in [9.17, 15) is 21.6 Å². The summed E-state index contributed by atoms with van der Waals surface area (Å²) >= 11 is 0. The summed E-state index contributed by atoms with van der Waals surface area (Å²) < 4.78 is 60.7. The van der Waals surface area contributed by atoms with Crippen LogP contribution in [0.4, 0.5) is 18.9 Å². The Morgan fingerprint density at radius 3 is 2.53 bits per heavy atom. The van der Waals surface area contributed by atoms with Gasteiger partial charge in [0, 0.05) is 5.69 Å². The molecule has 1 fully saturated rings. The summed E-state index contributed by atoms with van der Waals surface area (Å²) in [7, 11) is -3.03. The third-order valence-electron chi connectivity index (χ3n) is 3.34. The van der Waals surface area contributed by atoms with Crippen LogP contribution in [0.1, 0.15) is 17.5 Å². The van der Waals surface area contributed by atoms with E-state index in [0.717, 1.165) is 6.07 Å². The molecule has 0 aromatic heterocycles. The van der Waals surface area contributed by atoms with Crippen molar-refractivity contribution >= 4 is 15.5 Å². The molecule has 2 N–H and O–H groups in total. The number of para-hydroxylation sites is 1. The van der Waals surface area contributed by atoms with Crippen LogP contribution in [-0.4, -0.2) is 19.9 Å². The first-order valence-electron chi connectivity index (χ1n) is 5.84. The van der Waals surface area contributed by atoms with E-state index in [4.69, 9.17) is 5.73 Å². The highest BCUT2D eigenvalue weighted by molar-refractivity contribution is 7.91. The van der Waals surface area contributed by atoms with E-state index in [2.05, 4.69) is 0 Å². The van der Waals surface area contributed by atoms with E-state index < -0.39 is 21.6 Å². The molecule has 106 valence electrons. The van der Waals surface area contributed by atoms with Crippen molar-refractivity contribution in [3.63, 3.8) is 0 Å². The summed E-state index contributed by atoms with van der Waals surface area (Å²) in [5, 5.41) is 0. The van der Waals surface area contributed by atoms with E-state index in [1.807, 2.05) is 0 Å². The highest BCUT2D eigenvalue weighted by Gasteiger charge is 2.34. The van der Waals surface area contributed by atoms with Gasteiger partial charge in [-0.2, -0.15) is 13.2 Å². The van der Waals surface area contributed by atoms with Gasteiger partial charge in [-0.15, -0.1) is 0 Å². The van der Waals surface area contributed by atoms with Gasteiger partial charge in [-0.05, 0) is 30.4 Å². The average Bonchev–Trinajstić information content (AvgIpc) is 2.59. The number of anilines is 1. The fourth-order valence-corrected chi connectivity index (χ4v) is 4.24. The molecule has 1 aromatic carbocycles. The van der Waals surface area contributed by atoms with Gasteiger partial charge in [0.25, 0.3) is 0 Å². The summed E-state index contributed by atoms with van der Waals surface area (Å²) in [5.74, 6) is -0.00468. The van der Waals surface area contributed by atoms with Gasteiger partial charge in [0.1, 0.15) is 0 Å². The predicted octanol–water partition coefficient (Wildman–Crippen LogP) is 2.26. The Labute approximate surface area is 109 Å². The molecular formula is C12H14F3NO2S. The molecular weight excluding hydrogens is 279 g/mol. The Hall–Kier alpha value is -1.24. The summed E-state index contributed by atoms with van der Waals surface area (Å²) in [6, 6.07) is 3.76. The van der Waals surface area contributed by atoms with Gasteiger partial charge in [-0.1, -0.05) is 12.1 Å². The number of nitrogen functional groups attached to an aromatic ring is 1. The molecule has 1 saturated heterocycles. The molecule has 0 saturated carbocycles. The van der Waals surface area contributed by atoms with Crippen molar-refractivity contribution in [1.82, 2.24) is 0 Å². The van der Waals surface area contributed by atoms with Crippen LogP contribution in [-0.2, 0) is 22.4 Å². The van der Waals surface area contributed by atoms with Crippen LogP contribution in [0, 0.1) is 5.92 Å². The monoisotopic (exact) mass is 293 g/mol. The number of benzene rings is 1. The molecule has 3 nitrogen and oxygen atoms in total. The fraction of sp³-hybridized carbons (Fsp3) is 0.500. The van der Waals surface area contributed by atoms with Gasteiger partial charge < -0.3 is 5.73 Å². The Morgan fingerprint density at radius 2 is 2.00 bits per heavy atom. The van der Waals surface area contributed by atoms with Crippen LogP contribution < -0.4 is 5.73 Å². The average molecular weight is 293 g/mol. The van der Waals surface area contributed by atoms with Crippen molar-refractivity contribution in [3.05, 3.63) is 29.3 Å². The summed E-state index contributed by atoms with van der Waals surface area (Å²) in [6.07, 6.45) is -3.73. The second kappa shape index (κ2) is 4.70. The quantitative estimate of drug-likeness (QED) is 0.851. The minimum Gasteiger partial charge on any atom is -0.398 e. The summed E-state index contributed by atoms with van der Waals surface area (Å²) in [6.45, 7) is 0. The first kappa shape index (κ1) is 14.2. The number of sulfone groups is 1. The van der Waals surface area contributed by atoms with E-state index in [1.54, 1.807) is 0 Å². The third kappa shape index (κ3) is 3.20. The first-order chi connectivity index (χ1) is 8.69. The molecule has 1 unspecified atom stereocenters. The lowest BCUT2D eigenvalue weighted by molar-refractivity contribution is -0.136. The number of alkyl halides is 3. The van der Waals surface area contributed by atoms with E-state index in [1.165, 1.54) is 12.1 Å². The zero-order valence-corrected chi connectivity index (χ0v) is 10.9. The highest BCUT2D eigenvalue weighted by Crippen LogP contribution is 2.36. The number of hydrogen-bond acceptors (Lipinski definition) is 3. The number of nitrogens with two attached hydrogens (primary N) is 1. The second-order valence-electron chi connectivity index (χ2n) is 4.85. The van der Waals surface area contributed by atoms with Crippen LogP contribution in [0.15, 0.2) is 18.2 Å². The highest BCUT2D eigenvalue weighted by atomic mass is 32.2. The maximum Gasteiger partial charge on any atom is 0.418 e. The molecule has 0 bridgehead atoms. The van der Waals surface area contributed by atoms with Crippen LogP contribution in [0.2, 0.25) is 0 Å². The van der Waals surface area contributed by atoms with E-state index in [0.29, 0.717) is 12.0 Å². The van der Waals surface area contributed by atoms with Gasteiger partial charge in [0.15, 0.2) is 9.84 Å². The van der Waals surface area contributed by atoms with E-state index >= 15 is 0 Å². The molecule has 7 heteroatoms. The van der Waals surface area contributed by atoms with E-state index in [-0.39, 0.29) is 29.5 Å². The molecule has 0 aliphatic carbocycles. The summed E-state index contributed by atoms with van der Waals surface area (Å²) in [5.41, 5.74) is 4.77. The van der Waals surface area contributed by atoms with Gasteiger partial charge >= 0.3 is 6.18 Å². The lowest BCUT2D eigenvalue weighted by Crippen LogP contribution is -2.13. The van der Waals surface area contributed by atoms with Crippen molar-refractivity contribution in [3.8, 4) is 0 Å². The molecule has 1 aliphatic heterocycles. The fourth-order valence-electron chi connectivity index (χ4n) is 2.38. The second-order valence-corrected chi connectivity index (χ2v) is 7.08. The Morgan fingerprint density at radius 1 is 1.32 bits per heavy atom. The number of halogens is 3. The largest absolute Gasteiger partial charge is 0.418 e. The van der Waals surface area contributed by atoms with Gasteiger partial charge in [-0.25, -0.2) is 8.42 Å². The van der Waals surface area contributed by atoms with Crippen LogP contribution in [0.25, 0.3) is 0 Å². The lowest BCUT2D eigenvalue weighted by atomic mass is 9.96. The molecule has 1 heterocycles. The SMILES string of the molecule is Nc1c(CC2CCS(=O)(=O)C2)cccc1C(F)(F)F. The standard InChI is InChI=1S/C12H14F3NO2S/c13-12(14,15)10-3-1-2-9(11(10)16)6-8-4-5-19(17,18)7-8/h1-3,8H,4-7,16H2. The van der Waals surface area contributed by atoms with Gasteiger partial charge in [0.05, 0.1) is 17.1 Å². The van der Waals surface area contributed by atoms with Crippen LogP contribution in [0.5, 0.6) is 0 Å². The predicted molar refractivity (Wildman–Crippen MR) is 66.3 cm³/mol.